The van der Waals surface area contributed by atoms with Crippen LogP contribution in [0, 0.1) is 6.92 Å². The molecular formula is C18H14N4O3. The summed E-state index contributed by atoms with van der Waals surface area (Å²) >= 11 is 0. The van der Waals surface area contributed by atoms with E-state index >= 15 is 0 Å². The number of para-hydroxylation sites is 1. The number of carbonyl (C=O) groups is 1. The summed E-state index contributed by atoms with van der Waals surface area (Å²) in [7, 11) is 0. The zero-order valence-corrected chi connectivity index (χ0v) is 13.4. The Morgan fingerprint density at radius 2 is 2.08 bits per heavy atom. The van der Waals surface area contributed by atoms with Crippen LogP contribution in [0.15, 0.2) is 53.5 Å². The Bertz CT molecular complexity index is 1160. The molecule has 124 valence electrons. The third-order valence-electron chi connectivity index (χ3n) is 3.88. The predicted molar refractivity (Wildman–Crippen MR) is 91.4 cm³/mol. The molecule has 3 heterocycles. The first kappa shape index (κ1) is 15.1. The summed E-state index contributed by atoms with van der Waals surface area (Å²) in [6.07, 6.45) is 1.72. The van der Waals surface area contributed by atoms with Crippen molar-refractivity contribution >= 4 is 22.5 Å². The van der Waals surface area contributed by atoms with Crippen molar-refractivity contribution in [3.05, 3.63) is 76.0 Å². The van der Waals surface area contributed by atoms with Crippen LogP contribution in [0.25, 0.3) is 16.6 Å². The molecule has 1 aromatic carbocycles. The number of pyridine rings is 1. The Kier molecular flexibility index (Phi) is 3.53. The topological polar surface area (TPSA) is 89.3 Å². The fourth-order valence-electron chi connectivity index (χ4n) is 2.66. The van der Waals surface area contributed by atoms with Crippen LogP contribution in [0.1, 0.15) is 21.7 Å². The van der Waals surface area contributed by atoms with Crippen LogP contribution < -0.4 is 5.56 Å². The van der Waals surface area contributed by atoms with E-state index in [4.69, 9.17) is 4.74 Å². The number of hydrogen-bond donors (Lipinski definition) is 1. The average molecular weight is 334 g/mol. The number of aryl methyl sites for hydroxylation is 1. The molecule has 0 spiro atoms. The van der Waals surface area contributed by atoms with Crippen molar-refractivity contribution in [3.8, 4) is 0 Å². The van der Waals surface area contributed by atoms with Gasteiger partial charge in [-0.05, 0) is 24.6 Å². The van der Waals surface area contributed by atoms with Gasteiger partial charge in [0, 0.05) is 17.6 Å². The molecule has 0 radical (unpaired) electrons. The number of esters is 1. The summed E-state index contributed by atoms with van der Waals surface area (Å²) in [5.41, 5.74) is 2.61. The van der Waals surface area contributed by atoms with Crippen molar-refractivity contribution in [2.45, 2.75) is 13.5 Å². The van der Waals surface area contributed by atoms with Gasteiger partial charge in [0.2, 0.25) is 0 Å². The van der Waals surface area contributed by atoms with E-state index in [1.165, 1.54) is 10.5 Å². The second-order valence-electron chi connectivity index (χ2n) is 5.71. The number of carbonyl (C=O) groups excluding carboxylic acids is 1. The maximum absolute atomic E-state index is 12.3. The number of nitrogens with zero attached hydrogens (tertiary/aromatic N) is 3. The summed E-state index contributed by atoms with van der Waals surface area (Å²) < 4.78 is 6.74. The van der Waals surface area contributed by atoms with Gasteiger partial charge < -0.3 is 4.74 Å². The van der Waals surface area contributed by atoms with Crippen molar-refractivity contribution in [1.82, 2.24) is 19.6 Å². The van der Waals surface area contributed by atoms with Gasteiger partial charge in [-0.25, -0.2) is 9.78 Å². The molecule has 0 aliphatic heterocycles. The van der Waals surface area contributed by atoms with Crippen molar-refractivity contribution in [3.63, 3.8) is 0 Å². The average Bonchev–Trinajstić information content (AvgIpc) is 3.04. The number of nitrogens with one attached hydrogen (secondary N) is 1. The summed E-state index contributed by atoms with van der Waals surface area (Å²) in [6.45, 7) is 1.80. The third-order valence-corrected chi connectivity index (χ3v) is 3.88. The maximum Gasteiger partial charge on any atom is 0.359 e. The molecule has 4 aromatic rings. The number of rotatable bonds is 3. The molecule has 0 saturated carbocycles. The van der Waals surface area contributed by atoms with Gasteiger partial charge in [-0.2, -0.15) is 5.10 Å². The Hall–Kier alpha value is -3.48. The molecular weight excluding hydrogens is 320 g/mol. The quantitative estimate of drug-likeness (QED) is 0.580. The highest BCUT2D eigenvalue weighted by atomic mass is 16.5. The molecule has 7 heteroatoms. The molecule has 0 aliphatic rings. The maximum atomic E-state index is 12.3. The number of aromatic nitrogens is 4. The van der Waals surface area contributed by atoms with Crippen molar-refractivity contribution in [2.75, 3.05) is 0 Å². The van der Waals surface area contributed by atoms with Gasteiger partial charge in [0.1, 0.15) is 12.3 Å². The highest BCUT2D eigenvalue weighted by molar-refractivity contribution is 6.01. The van der Waals surface area contributed by atoms with E-state index < -0.39 is 5.97 Å². The molecule has 1 N–H and O–H groups in total. The van der Waals surface area contributed by atoms with Gasteiger partial charge in [-0.1, -0.05) is 24.3 Å². The molecule has 0 amide bonds. The lowest BCUT2D eigenvalue weighted by Gasteiger charge is -2.06. The van der Waals surface area contributed by atoms with Gasteiger partial charge in [-0.3, -0.25) is 14.3 Å². The Morgan fingerprint density at radius 3 is 2.96 bits per heavy atom. The lowest BCUT2D eigenvalue weighted by atomic mass is 10.2. The summed E-state index contributed by atoms with van der Waals surface area (Å²) in [4.78, 5) is 28.8. The smallest absolute Gasteiger partial charge is 0.359 e. The number of H-pyrrole nitrogens is 1. The van der Waals surface area contributed by atoms with Gasteiger partial charge in [-0.15, -0.1) is 0 Å². The van der Waals surface area contributed by atoms with Crippen LogP contribution in [0.2, 0.25) is 0 Å². The van der Waals surface area contributed by atoms with Gasteiger partial charge in [0.15, 0.2) is 5.69 Å². The molecule has 7 nitrogen and oxygen atoms in total. The molecule has 0 saturated heterocycles. The first-order chi connectivity index (χ1) is 12.1. The summed E-state index contributed by atoms with van der Waals surface area (Å²) in [5, 5.41) is 7.47. The molecule has 0 aliphatic carbocycles. The normalized spacial score (nSPS) is 11.1. The Morgan fingerprint density at radius 1 is 1.24 bits per heavy atom. The molecule has 0 atom stereocenters. The van der Waals surface area contributed by atoms with Crippen LogP contribution in [0.4, 0.5) is 0 Å². The van der Waals surface area contributed by atoms with Crippen LogP contribution in [-0.4, -0.2) is 25.6 Å². The Balaban J connectivity index is 1.59. The van der Waals surface area contributed by atoms with Crippen molar-refractivity contribution in [1.29, 1.82) is 0 Å². The molecule has 4 rings (SSSR count). The van der Waals surface area contributed by atoms with Crippen LogP contribution in [-0.2, 0) is 11.3 Å². The lowest BCUT2D eigenvalue weighted by Crippen LogP contribution is -2.17. The van der Waals surface area contributed by atoms with E-state index in [1.807, 2.05) is 31.2 Å². The lowest BCUT2D eigenvalue weighted by molar-refractivity contribution is 0.0463. The number of aromatic amines is 1. The van der Waals surface area contributed by atoms with Crippen molar-refractivity contribution < 1.29 is 9.53 Å². The highest BCUT2D eigenvalue weighted by Gasteiger charge is 2.16. The fraction of sp³-hybridized carbons (Fsp3) is 0.111. The van der Waals surface area contributed by atoms with Crippen molar-refractivity contribution in [2.24, 2.45) is 0 Å². The number of benzene rings is 1. The highest BCUT2D eigenvalue weighted by Crippen LogP contribution is 2.16. The molecule has 0 unspecified atom stereocenters. The molecule has 3 aromatic heterocycles. The number of hydrogen-bond acceptors (Lipinski definition) is 5. The molecule has 0 bridgehead atoms. The monoisotopic (exact) mass is 334 g/mol. The minimum Gasteiger partial charge on any atom is -0.454 e. The summed E-state index contributed by atoms with van der Waals surface area (Å²) in [6, 6.07) is 12.3. The van der Waals surface area contributed by atoms with E-state index in [9.17, 15) is 9.59 Å². The second-order valence-corrected chi connectivity index (χ2v) is 5.71. The van der Waals surface area contributed by atoms with E-state index in [1.54, 1.807) is 18.3 Å². The minimum absolute atomic E-state index is 0.0976. The third kappa shape index (κ3) is 2.76. The number of ether oxygens (including phenoxy) is 1. The number of fused-ring (bicyclic) bond motifs is 2. The van der Waals surface area contributed by atoms with E-state index in [0.717, 1.165) is 11.1 Å². The van der Waals surface area contributed by atoms with E-state index in [-0.39, 0.29) is 17.9 Å². The van der Waals surface area contributed by atoms with Gasteiger partial charge in [0.05, 0.1) is 11.2 Å². The van der Waals surface area contributed by atoms with Crippen LogP contribution in [0.5, 0.6) is 0 Å². The standard InChI is InChI=1S/C18H14N4O3/c1-11-6-7-15-19-12(8-16(23)22(15)9-11)10-25-18(24)17-13-4-2-3-5-14(13)20-21-17/h2-9H,10H2,1H3,(H,20,21). The first-order valence-electron chi connectivity index (χ1n) is 7.71. The first-order valence-corrected chi connectivity index (χ1v) is 7.71. The largest absolute Gasteiger partial charge is 0.454 e. The van der Waals surface area contributed by atoms with E-state index in [2.05, 4.69) is 15.2 Å². The Labute approximate surface area is 141 Å². The summed E-state index contributed by atoms with van der Waals surface area (Å²) in [5.74, 6) is -0.566. The zero-order valence-electron chi connectivity index (χ0n) is 13.4. The zero-order chi connectivity index (χ0) is 17.4. The fourth-order valence-corrected chi connectivity index (χ4v) is 2.66. The van der Waals surface area contributed by atoms with Crippen LogP contribution >= 0.6 is 0 Å². The van der Waals surface area contributed by atoms with Gasteiger partial charge in [0.25, 0.3) is 5.56 Å². The van der Waals surface area contributed by atoms with Crippen LogP contribution in [0.3, 0.4) is 0 Å². The minimum atomic E-state index is -0.566. The van der Waals surface area contributed by atoms with E-state index in [0.29, 0.717) is 16.7 Å². The molecule has 25 heavy (non-hydrogen) atoms. The van der Waals surface area contributed by atoms with Gasteiger partial charge >= 0.3 is 5.97 Å². The predicted octanol–water partition coefficient (Wildman–Crippen LogP) is 2.24. The second kappa shape index (κ2) is 5.86. The molecule has 0 fully saturated rings. The SMILES string of the molecule is Cc1ccc2nc(COC(=O)c3n[nH]c4ccccc34)cc(=O)n2c1.